The van der Waals surface area contributed by atoms with Crippen molar-refractivity contribution in [3.8, 4) is 0 Å². The van der Waals surface area contributed by atoms with Crippen LogP contribution in [-0.2, 0) is 11.5 Å². The van der Waals surface area contributed by atoms with Gasteiger partial charge in [-0.1, -0.05) is 0 Å². The average molecular weight is 210 g/mol. The zero-order valence-corrected chi connectivity index (χ0v) is 8.38. The van der Waals surface area contributed by atoms with Crippen molar-refractivity contribution in [3.05, 3.63) is 17.0 Å². The monoisotopic (exact) mass is 210 g/mol. The van der Waals surface area contributed by atoms with E-state index in [0.717, 1.165) is 35.6 Å². The molecule has 0 aromatic carbocycles. The SMILES string of the molecule is O=C(O)c1nn(C2CC2)c2c1CSC2. The smallest absolute Gasteiger partial charge is 0.356 e. The topological polar surface area (TPSA) is 55.1 Å². The van der Waals surface area contributed by atoms with Gasteiger partial charge in [-0.3, -0.25) is 4.68 Å². The molecule has 2 aliphatic rings. The van der Waals surface area contributed by atoms with Crippen molar-refractivity contribution in [2.24, 2.45) is 0 Å². The first-order valence-corrected chi connectivity index (χ1v) is 5.84. The summed E-state index contributed by atoms with van der Waals surface area (Å²) in [6.45, 7) is 0. The lowest BCUT2D eigenvalue weighted by molar-refractivity contribution is 0.0688. The van der Waals surface area contributed by atoms with Crippen LogP contribution in [0.3, 0.4) is 0 Å². The molecule has 0 atom stereocenters. The van der Waals surface area contributed by atoms with Gasteiger partial charge in [-0.05, 0) is 12.8 Å². The quantitative estimate of drug-likeness (QED) is 0.806. The minimum absolute atomic E-state index is 0.275. The maximum absolute atomic E-state index is 10.9. The van der Waals surface area contributed by atoms with Gasteiger partial charge in [-0.15, -0.1) is 0 Å². The normalized spacial score (nSPS) is 19.7. The molecular weight excluding hydrogens is 200 g/mol. The molecule has 74 valence electrons. The average Bonchev–Trinajstić information content (AvgIpc) is 2.76. The number of carboxylic acid groups (broad SMARTS) is 1. The third kappa shape index (κ3) is 1.08. The second-order valence-corrected chi connectivity index (χ2v) is 4.73. The number of rotatable bonds is 2. The third-order valence-electron chi connectivity index (χ3n) is 2.70. The summed E-state index contributed by atoms with van der Waals surface area (Å²) in [4.78, 5) is 10.9. The van der Waals surface area contributed by atoms with E-state index in [-0.39, 0.29) is 5.69 Å². The standard InChI is InChI=1S/C9H10N2O2S/c12-9(13)8-6-3-14-4-7(6)11(10-8)5-1-2-5/h5H,1-4H2,(H,12,13). The van der Waals surface area contributed by atoms with Crippen molar-refractivity contribution in [1.82, 2.24) is 9.78 Å². The highest BCUT2D eigenvalue weighted by molar-refractivity contribution is 7.98. The second kappa shape index (κ2) is 2.76. The summed E-state index contributed by atoms with van der Waals surface area (Å²) < 4.78 is 1.94. The van der Waals surface area contributed by atoms with Crippen molar-refractivity contribution >= 4 is 17.7 Å². The molecule has 5 heteroatoms. The number of aromatic nitrogens is 2. The van der Waals surface area contributed by atoms with Gasteiger partial charge >= 0.3 is 5.97 Å². The Morgan fingerprint density at radius 3 is 2.93 bits per heavy atom. The summed E-state index contributed by atoms with van der Waals surface area (Å²) in [6, 6.07) is 0.482. The molecule has 0 amide bonds. The van der Waals surface area contributed by atoms with Crippen LogP contribution in [0.4, 0.5) is 0 Å². The Morgan fingerprint density at radius 1 is 1.50 bits per heavy atom. The number of aromatic carboxylic acids is 1. The van der Waals surface area contributed by atoms with Crippen LogP contribution in [0.25, 0.3) is 0 Å². The molecule has 1 aromatic heterocycles. The van der Waals surface area contributed by atoms with Crippen molar-refractivity contribution in [2.45, 2.75) is 30.4 Å². The number of carbonyl (C=O) groups is 1. The van der Waals surface area contributed by atoms with Crippen LogP contribution in [0, 0.1) is 0 Å². The van der Waals surface area contributed by atoms with Crippen molar-refractivity contribution in [2.75, 3.05) is 0 Å². The lowest BCUT2D eigenvalue weighted by Crippen LogP contribution is -2.03. The number of hydrogen-bond donors (Lipinski definition) is 1. The van der Waals surface area contributed by atoms with E-state index in [4.69, 9.17) is 5.11 Å². The number of thioether (sulfide) groups is 1. The lowest BCUT2D eigenvalue weighted by atomic mass is 10.2. The van der Waals surface area contributed by atoms with Crippen LogP contribution in [0.2, 0.25) is 0 Å². The van der Waals surface area contributed by atoms with Gasteiger partial charge in [0.1, 0.15) is 0 Å². The van der Waals surface area contributed by atoms with Crippen molar-refractivity contribution < 1.29 is 9.90 Å². The molecule has 1 fully saturated rings. The maximum atomic E-state index is 10.9. The van der Waals surface area contributed by atoms with Gasteiger partial charge in [0.2, 0.25) is 0 Å². The zero-order valence-electron chi connectivity index (χ0n) is 7.56. The summed E-state index contributed by atoms with van der Waals surface area (Å²) in [5.74, 6) is 0.846. The van der Waals surface area contributed by atoms with Gasteiger partial charge < -0.3 is 5.11 Å². The molecule has 0 bridgehead atoms. The van der Waals surface area contributed by atoms with E-state index in [1.54, 1.807) is 11.8 Å². The van der Waals surface area contributed by atoms with Crippen LogP contribution in [0.15, 0.2) is 0 Å². The molecule has 1 aliphatic carbocycles. The number of carboxylic acids is 1. The summed E-state index contributed by atoms with van der Waals surface area (Å²) in [5.41, 5.74) is 2.38. The number of nitrogens with zero attached hydrogens (tertiary/aromatic N) is 2. The Kier molecular flexibility index (Phi) is 1.65. The van der Waals surface area contributed by atoms with Crippen molar-refractivity contribution in [3.63, 3.8) is 0 Å². The summed E-state index contributed by atoms with van der Waals surface area (Å²) >= 11 is 1.78. The first-order chi connectivity index (χ1) is 6.77. The van der Waals surface area contributed by atoms with Crippen LogP contribution < -0.4 is 0 Å². The van der Waals surface area contributed by atoms with E-state index in [2.05, 4.69) is 5.10 Å². The van der Waals surface area contributed by atoms with Crippen LogP contribution in [-0.4, -0.2) is 20.9 Å². The largest absolute Gasteiger partial charge is 0.476 e. The van der Waals surface area contributed by atoms with Gasteiger partial charge in [0.05, 0.1) is 11.7 Å². The fourth-order valence-electron chi connectivity index (χ4n) is 1.85. The van der Waals surface area contributed by atoms with Crippen molar-refractivity contribution in [1.29, 1.82) is 0 Å². The molecule has 0 unspecified atom stereocenters. The molecular formula is C9H10N2O2S. The molecule has 14 heavy (non-hydrogen) atoms. The van der Waals surface area contributed by atoms with Gasteiger partial charge in [0.15, 0.2) is 5.69 Å². The van der Waals surface area contributed by atoms with Crippen LogP contribution >= 0.6 is 11.8 Å². The Hall–Kier alpha value is -0.970. The summed E-state index contributed by atoms with van der Waals surface area (Å²) in [6.07, 6.45) is 2.30. The molecule has 0 saturated heterocycles. The summed E-state index contributed by atoms with van der Waals surface area (Å²) in [7, 11) is 0. The minimum Gasteiger partial charge on any atom is -0.476 e. The van der Waals surface area contributed by atoms with Gasteiger partial charge in [0.25, 0.3) is 0 Å². The third-order valence-corrected chi connectivity index (χ3v) is 3.67. The Morgan fingerprint density at radius 2 is 2.29 bits per heavy atom. The van der Waals surface area contributed by atoms with Gasteiger partial charge in [0, 0.05) is 17.1 Å². The molecule has 0 radical (unpaired) electrons. The van der Waals surface area contributed by atoms with Crippen LogP contribution in [0.1, 0.15) is 40.6 Å². The molecule has 3 rings (SSSR count). The first-order valence-electron chi connectivity index (χ1n) is 4.68. The predicted molar refractivity (Wildman–Crippen MR) is 52.5 cm³/mol. The highest BCUT2D eigenvalue weighted by Crippen LogP contribution is 2.41. The van der Waals surface area contributed by atoms with E-state index in [0.29, 0.717) is 6.04 Å². The van der Waals surface area contributed by atoms with Crippen LogP contribution in [0.5, 0.6) is 0 Å². The molecule has 4 nitrogen and oxygen atoms in total. The highest BCUT2D eigenvalue weighted by Gasteiger charge is 2.33. The highest BCUT2D eigenvalue weighted by atomic mass is 32.2. The Balaban J connectivity index is 2.13. The number of hydrogen-bond acceptors (Lipinski definition) is 3. The van der Waals surface area contributed by atoms with E-state index in [1.165, 1.54) is 0 Å². The summed E-state index contributed by atoms with van der Waals surface area (Å²) in [5, 5.41) is 13.2. The van der Waals surface area contributed by atoms with E-state index < -0.39 is 5.97 Å². The first kappa shape index (κ1) is 8.35. The molecule has 1 N–H and O–H groups in total. The minimum atomic E-state index is -0.886. The molecule has 2 heterocycles. The van der Waals surface area contributed by atoms with E-state index in [1.807, 2.05) is 4.68 Å². The Bertz CT molecular complexity index is 409. The molecule has 1 aliphatic heterocycles. The molecule has 0 spiro atoms. The Labute approximate surface area is 85.3 Å². The van der Waals surface area contributed by atoms with Gasteiger partial charge in [-0.2, -0.15) is 16.9 Å². The van der Waals surface area contributed by atoms with E-state index in [9.17, 15) is 4.79 Å². The fourth-order valence-corrected chi connectivity index (χ4v) is 2.96. The second-order valence-electron chi connectivity index (χ2n) is 3.75. The molecule has 1 aromatic rings. The zero-order chi connectivity index (χ0) is 9.71. The fraction of sp³-hybridized carbons (Fsp3) is 0.556. The van der Waals surface area contributed by atoms with E-state index >= 15 is 0 Å². The number of fused-ring (bicyclic) bond motifs is 1. The predicted octanol–water partition coefficient (Wildman–Crippen LogP) is 1.66. The molecule has 1 saturated carbocycles. The van der Waals surface area contributed by atoms with Gasteiger partial charge in [-0.25, -0.2) is 4.79 Å². The lowest BCUT2D eigenvalue weighted by Gasteiger charge is -2.00. The maximum Gasteiger partial charge on any atom is 0.356 e.